The third-order valence-electron chi connectivity index (χ3n) is 2.78. The molecule has 0 aliphatic carbocycles. The van der Waals surface area contributed by atoms with Crippen LogP contribution in [0, 0.1) is 0 Å². The van der Waals surface area contributed by atoms with Gasteiger partial charge in [-0.3, -0.25) is 9.78 Å². The molecular formula is C16H13F2NO2S. The van der Waals surface area contributed by atoms with Gasteiger partial charge in [-0.1, -0.05) is 17.8 Å². The van der Waals surface area contributed by atoms with Gasteiger partial charge in [-0.25, -0.2) is 0 Å². The molecule has 0 N–H and O–H groups in total. The molecule has 0 radical (unpaired) electrons. The minimum atomic E-state index is -2.54. The standard InChI is InChI=1S/C16H13F2NO2S/c1-21-14-9-12(5-7-15(14)22-16(17)18)13(20)6-4-11-3-2-8-19-10-11/h2-10,16H,1H3. The molecule has 6 heteroatoms. The number of pyridine rings is 1. The van der Waals surface area contributed by atoms with Gasteiger partial charge in [0.25, 0.3) is 5.76 Å². The highest BCUT2D eigenvalue weighted by Gasteiger charge is 2.13. The molecule has 0 spiro atoms. The molecule has 1 aromatic heterocycles. The number of benzene rings is 1. The zero-order valence-electron chi connectivity index (χ0n) is 11.7. The average molecular weight is 321 g/mol. The van der Waals surface area contributed by atoms with Crippen LogP contribution in [-0.2, 0) is 0 Å². The summed E-state index contributed by atoms with van der Waals surface area (Å²) in [6, 6.07) is 8.01. The molecule has 22 heavy (non-hydrogen) atoms. The van der Waals surface area contributed by atoms with Crippen molar-refractivity contribution < 1.29 is 18.3 Å². The number of hydrogen-bond acceptors (Lipinski definition) is 4. The van der Waals surface area contributed by atoms with Crippen molar-refractivity contribution in [2.24, 2.45) is 0 Å². The lowest BCUT2D eigenvalue weighted by molar-refractivity contribution is 0.104. The predicted molar refractivity (Wildman–Crippen MR) is 82.5 cm³/mol. The molecule has 0 atom stereocenters. The molecule has 0 bridgehead atoms. The summed E-state index contributed by atoms with van der Waals surface area (Å²) in [4.78, 5) is 16.3. The molecule has 0 saturated carbocycles. The van der Waals surface area contributed by atoms with Gasteiger partial charge in [-0.05, 0) is 42.0 Å². The normalized spacial score (nSPS) is 11.1. The van der Waals surface area contributed by atoms with Gasteiger partial charge in [0.2, 0.25) is 0 Å². The zero-order valence-corrected chi connectivity index (χ0v) is 12.5. The maximum atomic E-state index is 12.4. The van der Waals surface area contributed by atoms with Crippen molar-refractivity contribution in [3.63, 3.8) is 0 Å². The molecule has 0 aliphatic heterocycles. The second-order valence-electron chi connectivity index (χ2n) is 4.23. The second-order valence-corrected chi connectivity index (χ2v) is 5.26. The second kappa shape index (κ2) is 7.70. The fourth-order valence-corrected chi connectivity index (χ4v) is 2.35. The quantitative estimate of drug-likeness (QED) is 0.452. The molecule has 0 aliphatic rings. The first-order valence-electron chi connectivity index (χ1n) is 6.35. The van der Waals surface area contributed by atoms with E-state index in [9.17, 15) is 13.6 Å². The number of methoxy groups -OCH3 is 1. The zero-order chi connectivity index (χ0) is 15.9. The predicted octanol–water partition coefficient (Wildman–Crippen LogP) is 4.30. The summed E-state index contributed by atoms with van der Waals surface area (Å²) < 4.78 is 29.9. The molecule has 114 valence electrons. The van der Waals surface area contributed by atoms with E-state index in [4.69, 9.17) is 4.74 Å². The Labute approximate surface area is 131 Å². The Hall–Kier alpha value is -2.21. The number of ether oxygens (including phenoxy) is 1. The van der Waals surface area contributed by atoms with Gasteiger partial charge >= 0.3 is 0 Å². The van der Waals surface area contributed by atoms with E-state index < -0.39 is 5.76 Å². The molecule has 1 aromatic carbocycles. The van der Waals surface area contributed by atoms with E-state index in [2.05, 4.69) is 4.98 Å². The highest BCUT2D eigenvalue weighted by Crippen LogP contribution is 2.34. The van der Waals surface area contributed by atoms with E-state index in [1.54, 1.807) is 24.5 Å². The van der Waals surface area contributed by atoms with Crippen molar-refractivity contribution in [1.29, 1.82) is 0 Å². The van der Waals surface area contributed by atoms with Gasteiger partial charge in [0.15, 0.2) is 5.78 Å². The molecule has 0 fully saturated rings. The van der Waals surface area contributed by atoms with Gasteiger partial charge in [0.05, 0.1) is 12.0 Å². The van der Waals surface area contributed by atoms with Gasteiger partial charge in [-0.2, -0.15) is 8.78 Å². The van der Waals surface area contributed by atoms with Crippen LogP contribution in [0.2, 0.25) is 0 Å². The van der Waals surface area contributed by atoms with Crippen LogP contribution < -0.4 is 4.74 Å². The van der Waals surface area contributed by atoms with Crippen LogP contribution in [0.4, 0.5) is 8.78 Å². The summed E-state index contributed by atoms with van der Waals surface area (Å²) in [5, 5.41) is 0. The largest absolute Gasteiger partial charge is 0.496 e. The maximum Gasteiger partial charge on any atom is 0.289 e. The first kappa shape index (κ1) is 16.2. The summed E-state index contributed by atoms with van der Waals surface area (Å²) in [6.07, 6.45) is 6.32. The number of aromatic nitrogens is 1. The van der Waals surface area contributed by atoms with Gasteiger partial charge in [0, 0.05) is 18.0 Å². The van der Waals surface area contributed by atoms with Crippen molar-refractivity contribution in [3.8, 4) is 5.75 Å². The molecule has 0 saturated heterocycles. The minimum Gasteiger partial charge on any atom is -0.496 e. The smallest absolute Gasteiger partial charge is 0.289 e. The van der Waals surface area contributed by atoms with Crippen LogP contribution in [0.15, 0.2) is 53.7 Å². The summed E-state index contributed by atoms with van der Waals surface area (Å²) in [7, 11) is 1.38. The van der Waals surface area contributed by atoms with E-state index in [0.29, 0.717) is 22.2 Å². The molecule has 1 heterocycles. The molecule has 2 aromatic rings. The summed E-state index contributed by atoms with van der Waals surface area (Å²) in [5.74, 6) is -2.53. The number of halogens is 2. The number of allylic oxidation sites excluding steroid dienone is 1. The first-order chi connectivity index (χ1) is 10.6. The van der Waals surface area contributed by atoms with Crippen LogP contribution in [-0.4, -0.2) is 23.6 Å². The Morgan fingerprint density at radius 2 is 2.18 bits per heavy atom. The summed E-state index contributed by atoms with van der Waals surface area (Å²) >= 11 is 0.384. The van der Waals surface area contributed by atoms with E-state index >= 15 is 0 Å². The number of ketones is 1. The van der Waals surface area contributed by atoms with E-state index in [-0.39, 0.29) is 11.5 Å². The lowest BCUT2D eigenvalue weighted by atomic mass is 10.1. The maximum absolute atomic E-state index is 12.4. The third-order valence-corrected chi connectivity index (χ3v) is 3.55. The lowest BCUT2D eigenvalue weighted by Crippen LogP contribution is -1.97. The number of carbonyl (C=O) groups is 1. The molecule has 0 unspecified atom stereocenters. The van der Waals surface area contributed by atoms with E-state index in [1.807, 2.05) is 6.07 Å². The molecule has 0 amide bonds. The van der Waals surface area contributed by atoms with Crippen molar-refractivity contribution in [2.45, 2.75) is 10.7 Å². The number of nitrogens with zero attached hydrogens (tertiary/aromatic N) is 1. The van der Waals surface area contributed by atoms with E-state index in [0.717, 1.165) is 5.56 Å². The molecular weight excluding hydrogens is 308 g/mol. The average Bonchev–Trinajstić information content (AvgIpc) is 2.53. The van der Waals surface area contributed by atoms with Crippen LogP contribution in [0.25, 0.3) is 6.08 Å². The number of thioether (sulfide) groups is 1. The Morgan fingerprint density at radius 3 is 2.82 bits per heavy atom. The molecule has 3 nitrogen and oxygen atoms in total. The van der Waals surface area contributed by atoms with Crippen molar-refractivity contribution in [2.75, 3.05) is 7.11 Å². The number of carbonyl (C=O) groups excluding carboxylic acids is 1. The Kier molecular flexibility index (Phi) is 5.66. The summed E-state index contributed by atoms with van der Waals surface area (Å²) in [5.41, 5.74) is 1.17. The monoisotopic (exact) mass is 321 g/mol. The molecule has 2 rings (SSSR count). The lowest BCUT2D eigenvalue weighted by Gasteiger charge is -2.08. The Balaban J connectivity index is 2.18. The fourth-order valence-electron chi connectivity index (χ4n) is 1.76. The first-order valence-corrected chi connectivity index (χ1v) is 7.23. The fraction of sp³-hybridized carbons (Fsp3) is 0.125. The van der Waals surface area contributed by atoms with Crippen molar-refractivity contribution in [1.82, 2.24) is 4.98 Å². The van der Waals surface area contributed by atoms with E-state index in [1.165, 1.54) is 31.4 Å². The van der Waals surface area contributed by atoms with Crippen LogP contribution in [0.5, 0.6) is 5.75 Å². The number of alkyl halides is 2. The topological polar surface area (TPSA) is 39.2 Å². The Bertz CT molecular complexity index is 675. The van der Waals surface area contributed by atoms with Crippen molar-refractivity contribution in [3.05, 3.63) is 59.9 Å². The number of hydrogen-bond donors (Lipinski definition) is 0. The van der Waals surface area contributed by atoms with Crippen LogP contribution >= 0.6 is 11.8 Å². The van der Waals surface area contributed by atoms with Crippen LogP contribution in [0.3, 0.4) is 0 Å². The van der Waals surface area contributed by atoms with Crippen molar-refractivity contribution >= 4 is 23.6 Å². The van der Waals surface area contributed by atoms with Gasteiger partial charge in [0.1, 0.15) is 5.75 Å². The number of rotatable bonds is 6. The highest BCUT2D eigenvalue weighted by molar-refractivity contribution is 7.99. The minimum absolute atomic E-state index is 0.240. The Morgan fingerprint density at radius 1 is 1.36 bits per heavy atom. The summed E-state index contributed by atoms with van der Waals surface area (Å²) in [6.45, 7) is 0. The highest BCUT2D eigenvalue weighted by atomic mass is 32.2. The van der Waals surface area contributed by atoms with Crippen LogP contribution in [0.1, 0.15) is 15.9 Å². The van der Waals surface area contributed by atoms with Gasteiger partial charge < -0.3 is 4.74 Å². The SMILES string of the molecule is COc1cc(C(=O)C=Cc2cccnc2)ccc1SC(F)F. The van der Waals surface area contributed by atoms with Gasteiger partial charge in [-0.15, -0.1) is 0 Å². The third kappa shape index (κ3) is 4.39.